The highest BCUT2D eigenvalue weighted by molar-refractivity contribution is 7.15. The Morgan fingerprint density at radius 3 is 2.82 bits per heavy atom. The number of nitrogens with one attached hydrogen (secondary N) is 2. The summed E-state index contributed by atoms with van der Waals surface area (Å²) in [4.78, 5) is 18.6. The van der Waals surface area contributed by atoms with E-state index >= 15 is 0 Å². The lowest BCUT2D eigenvalue weighted by Gasteiger charge is -2.08. The van der Waals surface area contributed by atoms with Crippen molar-refractivity contribution >= 4 is 39.4 Å². The van der Waals surface area contributed by atoms with Crippen LogP contribution in [0.15, 0.2) is 47.2 Å². The number of amides is 2. The maximum absolute atomic E-state index is 12.1. The Labute approximate surface area is 170 Å². The number of hydrogen-bond donors (Lipinski definition) is 2. The van der Waals surface area contributed by atoms with E-state index in [2.05, 4.69) is 20.7 Å². The van der Waals surface area contributed by atoms with Gasteiger partial charge >= 0.3 is 6.03 Å². The molecule has 0 radical (unpaired) electrons. The third-order valence-electron chi connectivity index (χ3n) is 3.98. The largest absolute Gasteiger partial charge is 0.494 e. The minimum Gasteiger partial charge on any atom is -0.494 e. The van der Waals surface area contributed by atoms with Gasteiger partial charge in [0.2, 0.25) is 4.96 Å². The summed E-state index contributed by atoms with van der Waals surface area (Å²) < 4.78 is 7.25. The first-order valence-corrected chi connectivity index (χ1v) is 10.6. The second-order valence-electron chi connectivity index (χ2n) is 5.92. The molecule has 0 saturated carbocycles. The van der Waals surface area contributed by atoms with Gasteiger partial charge in [0.1, 0.15) is 5.75 Å². The molecule has 3 heterocycles. The fraction of sp³-hybridized carbons (Fsp3) is 0.211. The lowest BCUT2D eigenvalue weighted by atomic mass is 10.3. The van der Waals surface area contributed by atoms with Crippen LogP contribution in [0.2, 0.25) is 0 Å². The third kappa shape index (κ3) is 4.15. The lowest BCUT2D eigenvalue weighted by Crippen LogP contribution is -2.30. The fourth-order valence-electron chi connectivity index (χ4n) is 2.69. The maximum atomic E-state index is 12.1. The third-order valence-corrected chi connectivity index (χ3v) is 5.71. The van der Waals surface area contributed by atoms with Gasteiger partial charge < -0.3 is 15.4 Å². The van der Waals surface area contributed by atoms with Crippen LogP contribution in [0.4, 0.5) is 10.5 Å². The molecule has 0 aliphatic rings. The molecule has 0 saturated heterocycles. The van der Waals surface area contributed by atoms with E-state index in [1.165, 1.54) is 0 Å². The van der Waals surface area contributed by atoms with Crippen LogP contribution in [0, 0.1) is 0 Å². The van der Waals surface area contributed by atoms with Gasteiger partial charge in [0, 0.05) is 24.0 Å². The van der Waals surface area contributed by atoms with E-state index in [9.17, 15) is 4.79 Å². The highest BCUT2D eigenvalue weighted by Gasteiger charge is 2.12. The Kier molecular flexibility index (Phi) is 5.54. The Balaban J connectivity index is 1.31. The predicted molar refractivity (Wildman–Crippen MR) is 113 cm³/mol. The SMILES string of the molecule is CCOc1ccc(NC(=O)NCCc2csc3nc(-c4cccs4)nn23)cc1. The Morgan fingerprint density at radius 2 is 2.07 bits per heavy atom. The van der Waals surface area contributed by atoms with Crippen molar-refractivity contribution in [1.29, 1.82) is 0 Å². The zero-order chi connectivity index (χ0) is 19.3. The van der Waals surface area contributed by atoms with Crippen molar-refractivity contribution < 1.29 is 9.53 Å². The van der Waals surface area contributed by atoms with Gasteiger partial charge in [0.15, 0.2) is 5.82 Å². The summed E-state index contributed by atoms with van der Waals surface area (Å²) >= 11 is 3.17. The Bertz CT molecular complexity index is 1050. The van der Waals surface area contributed by atoms with Crippen LogP contribution in [-0.4, -0.2) is 33.8 Å². The average Bonchev–Trinajstić information content (AvgIpc) is 3.41. The van der Waals surface area contributed by atoms with E-state index < -0.39 is 0 Å². The quantitative estimate of drug-likeness (QED) is 0.474. The molecule has 0 bridgehead atoms. The second kappa shape index (κ2) is 8.41. The maximum Gasteiger partial charge on any atom is 0.319 e. The minimum atomic E-state index is -0.242. The number of urea groups is 1. The predicted octanol–water partition coefficient (Wildman–Crippen LogP) is 4.28. The number of benzene rings is 1. The summed E-state index contributed by atoms with van der Waals surface area (Å²) in [5, 5.41) is 14.3. The highest BCUT2D eigenvalue weighted by atomic mass is 32.1. The van der Waals surface area contributed by atoms with Gasteiger partial charge in [0.05, 0.1) is 17.2 Å². The number of anilines is 1. The van der Waals surface area contributed by atoms with Gasteiger partial charge in [-0.3, -0.25) is 0 Å². The molecular weight excluding hydrogens is 394 g/mol. The van der Waals surface area contributed by atoms with Gasteiger partial charge in [-0.05, 0) is 42.6 Å². The van der Waals surface area contributed by atoms with Gasteiger partial charge in [-0.1, -0.05) is 6.07 Å². The summed E-state index contributed by atoms with van der Waals surface area (Å²) in [6, 6.07) is 11.0. The van der Waals surface area contributed by atoms with Crippen LogP contribution in [0.1, 0.15) is 12.6 Å². The molecule has 144 valence electrons. The standard InChI is InChI=1S/C19H19N5O2S2/c1-2-26-15-7-5-13(6-8-15)21-18(25)20-10-9-14-12-28-19-22-17(23-24(14)19)16-4-3-11-27-16/h3-8,11-12H,2,9-10H2,1H3,(H2,20,21,25). The van der Waals surface area contributed by atoms with Crippen LogP contribution in [0.5, 0.6) is 5.75 Å². The fourth-order valence-corrected chi connectivity index (χ4v) is 4.20. The first-order valence-electron chi connectivity index (χ1n) is 8.87. The molecule has 0 unspecified atom stereocenters. The van der Waals surface area contributed by atoms with E-state index in [1.807, 2.05) is 58.6 Å². The molecule has 2 amide bonds. The summed E-state index contributed by atoms with van der Waals surface area (Å²) in [5.41, 5.74) is 1.74. The van der Waals surface area contributed by atoms with Crippen molar-refractivity contribution in [2.45, 2.75) is 13.3 Å². The molecule has 0 aliphatic heterocycles. The van der Waals surface area contributed by atoms with E-state index in [-0.39, 0.29) is 6.03 Å². The van der Waals surface area contributed by atoms with E-state index in [0.29, 0.717) is 19.6 Å². The topological polar surface area (TPSA) is 80.5 Å². The Hall–Kier alpha value is -2.91. The van der Waals surface area contributed by atoms with Crippen LogP contribution in [0.25, 0.3) is 15.7 Å². The smallest absolute Gasteiger partial charge is 0.319 e. The van der Waals surface area contributed by atoms with Crippen LogP contribution in [0.3, 0.4) is 0 Å². The van der Waals surface area contributed by atoms with E-state index in [1.54, 1.807) is 22.7 Å². The zero-order valence-electron chi connectivity index (χ0n) is 15.2. The second-order valence-corrected chi connectivity index (χ2v) is 7.71. The van der Waals surface area contributed by atoms with Gasteiger partial charge in [0.25, 0.3) is 0 Å². The first-order chi connectivity index (χ1) is 13.7. The number of hydrogen-bond acceptors (Lipinski definition) is 6. The van der Waals surface area contributed by atoms with Crippen molar-refractivity contribution in [3.05, 3.63) is 52.9 Å². The lowest BCUT2D eigenvalue weighted by molar-refractivity contribution is 0.252. The Morgan fingerprint density at radius 1 is 1.21 bits per heavy atom. The molecule has 3 aromatic heterocycles. The molecule has 0 fully saturated rings. The van der Waals surface area contributed by atoms with Gasteiger partial charge in [-0.25, -0.2) is 9.31 Å². The number of ether oxygens (including phenoxy) is 1. The monoisotopic (exact) mass is 413 g/mol. The zero-order valence-corrected chi connectivity index (χ0v) is 16.8. The van der Waals surface area contributed by atoms with Gasteiger partial charge in [-0.15, -0.1) is 27.8 Å². The molecule has 1 aromatic carbocycles. The average molecular weight is 414 g/mol. The first kappa shape index (κ1) is 18.5. The highest BCUT2D eigenvalue weighted by Crippen LogP contribution is 2.24. The molecule has 2 N–H and O–H groups in total. The molecule has 4 aromatic rings. The van der Waals surface area contributed by atoms with Crippen molar-refractivity contribution in [2.24, 2.45) is 0 Å². The van der Waals surface area contributed by atoms with Crippen LogP contribution >= 0.6 is 22.7 Å². The normalized spacial score (nSPS) is 10.9. The van der Waals surface area contributed by atoms with Gasteiger partial charge in [-0.2, -0.15) is 4.98 Å². The van der Waals surface area contributed by atoms with E-state index in [0.717, 1.165) is 32.8 Å². The minimum absolute atomic E-state index is 0.242. The van der Waals surface area contributed by atoms with Crippen molar-refractivity contribution in [3.8, 4) is 16.5 Å². The molecule has 7 nitrogen and oxygen atoms in total. The van der Waals surface area contributed by atoms with E-state index in [4.69, 9.17) is 4.74 Å². The number of rotatable bonds is 7. The number of fused-ring (bicyclic) bond motifs is 1. The molecule has 28 heavy (non-hydrogen) atoms. The van der Waals surface area contributed by atoms with Crippen molar-refractivity contribution in [2.75, 3.05) is 18.5 Å². The molecule has 0 aliphatic carbocycles. The van der Waals surface area contributed by atoms with Crippen LogP contribution < -0.4 is 15.4 Å². The summed E-state index contributed by atoms with van der Waals surface area (Å²) in [7, 11) is 0. The molecule has 4 rings (SSSR count). The number of thiazole rings is 1. The number of carbonyl (C=O) groups is 1. The summed E-state index contributed by atoms with van der Waals surface area (Å²) in [6.45, 7) is 3.05. The number of nitrogens with zero attached hydrogens (tertiary/aromatic N) is 3. The number of carbonyl (C=O) groups excluding carboxylic acids is 1. The molecule has 0 atom stereocenters. The summed E-state index contributed by atoms with van der Waals surface area (Å²) in [6.07, 6.45) is 0.671. The number of aromatic nitrogens is 3. The summed E-state index contributed by atoms with van der Waals surface area (Å²) in [5.74, 6) is 1.52. The molecule has 0 spiro atoms. The van der Waals surface area contributed by atoms with Crippen LogP contribution in [-0.2, 0) is 6.42 Å². The molecular formula is C19H19N5O2S2. The molecule has 9 heteroatoms. The van der Waals surface area contributed by atoms with Crippen molar-refractivity contribution in [3.63, 3.8) is 0 Å². The number of thiophene rings is 1. The van der Waals surface area contributed by atoms with Crippen molar-refractivity contribution in [1.82, 2.24) is 19.9 Å².